The number of piperidine rings is 1. The van der Waals surface area contributed by atoms with Crippen molar-refractivity contribution in [1.82, 2.24) is 29.7 Å². The van der Waals surface area contributed by atoms with Gasteiger partial charge >= 0.3 is 0 Å². The molecule has 0 unspecified atom stereocenters. The fraction of sp³-hybridized carbons (Fsp3) is 0.250. The molecule has 7 heteroatoms. The summed E-state index contributed by atoms with van der Waals surface area (Å²) in [5, 5.41) is 6.97. The predicted molar refractivity (Wildman–Crippen MR) is 106 cm³/mol. The Hall–Kier alpha value is -3.19. The molecule has 1 aliphatic rings. The number of hydrogen-bond acceptors (Lipinski definition) is 5. The number of pyridine rings is 2. The van der Waals surface area contributed by atoms with Gasteiger partial charge < -0.3 is 15.6 Å². The molecule has 7 nitrogen and oxygen atoms in total. The van der Waals surface area contributed by atoms with E-state index >= 15 is 0 Å². The lowest BCUT2D eigenvalue weighted by Gasteiger charge is -2.24. The summed E-state index contributed by atoms with van der Waals surface area (Å²) in [4.78, 5) is 16.6. The lowest BCUT2D eigenvalue weighted by Crippen LogP contribution is -2.38. The third kappa shape index (κ3) is 3.17. The van der Waals surface area contributed by atoms with Crippen LogP contribution in [0.15, 0.2) is 55.2 Å². The summed E-state index contributed by atoms with van der Waals surface area (Å²) in [6.45, 7) is 2.09. The van der Waals surface area contributed by atoms with Gasteiger partial charge in [-0.15, -0.1) is 0 Å². The summed E-state index contributed by atoms with van der Waals surface area (Å²) in [5.41, 5.74) is 4.81. The van der Waals surface area contributed by atoms with E-state index in [1.807, 2.05) is 42.9 Å². The van der Waals surface area contributed by atoms with Crippen LogP contribution in [-0.2, 0) is 0 Å². The Morgan fingerprint density at radius 2 is 2.19 bits per heavy atom. The van der Waals surface area contributed by atoms with Crippen LogP contribution >= 0.6 is 0 Å². The SMILES string of the molecule is c1cc(N[C@H]2CCCNC2)nc(-c2cnc3cc(-c4cnc[nH]4)ccn23)c1. The van der Waals surface area contributed by atoms with Crippen molar-refractivity contribution in [3.05, 3.63) is 55.2 Å². The smallest absolute Gasteiger partial charge is 0.137 e. The fourth-order valence-corrected chi connectivity index (χ4v) is 3.59. The summed E-state index contributed by atoms with van der Waals surface area (Å²) in [6.07, 6.45) is 9.77. The zero-order valence-electron chi connectivity index (χ0n) is 14.9. The van der Waals surface area contributed by atoms with E-state index in [9.17, 15) is 0 Å². The maximum atomic E-state index is 4.82. The Bertz CT molecular complexity index is 1050. The zero-order valence-corrected chi connectivity index (χ0v) is 14.9. The number of nitrogens with one attached hydrogen (secondary N) is 3. The van der Waals surface area contributed by atoms with Gasteiger partial charge in [0.1, 0.15) is 11.5 Å². The first-order chi connectivity index (χ1) is 13.4. The largest absolute Gasteiger partial charge is 0.366 e. The third-order valence-corrected chi connectivity index (χ3v) is 4.98. The van der Waals surface area contributed by atoms with Crippen molar-refractivity contribution in [2.24, 2.45) is 0 Å². The molecule has 0 bridgehead atoms. The molecule has 4 aromatic rings. The molecule has 0 aromatic carbocycles. The zero-order chi connectivity index (χ0) is 18.1. The second kappa shape index (κ2) is 6.85. The maximum absolute atomic E-state index is 4.82. The van der Waals surface area contributed by atoms with Gasteiger partial charge in [0.15, 0.2) is 0 Å². The topological polar surface area (TPSA) is 82.9 Å². The van der Waals surface area contributed by atoms with Crippen LogP contribution < -0.4 is 10.6 Å². The van der Waals surface area contributed by atoms with Crippen LogP contribution in [-0.4, -0.2) is 43.5 Å². The highest BCUT2D eigenvalue weighted by Gasteiger charge is 2.14. The standard InChI is InChI=1S/C20H21N7/c1-4-16(26-19(5-1)25-15-3-2-7-21-10-15)18-12-23-20-9-14(6-8-27(18)20)17-11-22-13-24-17/h1,4-6,8-9,11-13,15,21H,2-3,7,10H2,(H,22,24)(H,25,26)/t15-/m0/s1. The van der Waals surface area contributed by atoms with Gasteiger partial charge in [-0.1, -0.05) is 6.07 Å². The van der Waals surface area contributed by atoms with Gasteiger partial charge in [0.05, 0.1) is 35.8 Å². The molecule has 1 fully saturated rings. The van der Waals surface area contributed by atoms with E-state index in [-0.39, 0.29) is 0 Å². The van der Waals surface area contributed by atoms with Crippen molar-refractivity contribution in [3.8, 4) is 22.6 Å². The van der Waals surface area contributed by atoms with E-state index in [4.69, 9.17) is 4.98 Å². The summed E-state index contributed by atoms with van der Waals surface area (Å²) >= 11 is 0. The van der Waals surface area contributed by atoms with E-state index < -0.39 is 0 Å². The number of H-pyrrole nitrogens is 1. The van der Waals surface area contributed by atoms with Crippen LogP contribution in [0.25, 0.3) is 28.3 Å². The summed E-state index contributed by atoms with van der Waals surface area (Å²) < 4.78 is 2.06. The van der Waals surface area contributed by atoms with Gasteiger partial charge in [-0.05, 0) is 43.7 Å². The van der Waals surface area contributed by atoms with Gasteiger partial charge in [-0.25, -0.2) is 15.0 Å². The second-order valence-electron chi connectivity index (χ2n) is 6.85. The van der Waals surface area contributed by atoms with Gasteiger partial charge in [-0.2, -0.15) is 0 Å². The highest BCUT2D eigenvalue weighted by Crippen LogP contribution is 2.24. The van der Waals surface area contributed by atoms with Gasteiger partial charge in [-0.3, -0.25) is 4.40 Å². The Labute approximate surface area is 156 Å². The molecular weight excluding hydrogens is 338 g/mol. The minimum atomic E-state index is 0.431. The lowest BCUT2D eigenvalue weighted by atomic mass is 10.1. The number of rotatable bonds is 4. The van der Waals surface area contributed by atoms with E-state index in [1.54, 1.807) is 6.33 Å². The highest BCUT2D eigenvalue weighted by molar-refractivity contribution is 5.68. The average molecular weight is 359 g/mol. The van der Waals surface area contributed by atoms with Crippen molar-refractivity contribution in [1.29, 1.82) is 0 Å². The number of anilines is 1. The monoisotopic (exact) mass is 359 g/mol. The Morgan fingerprint density at radius 1 is 1.19 bits per heavy atom. The van der Waals surface area contributed by atoms with E-state index in [0.29, 0.717) is 6.04 Å². The lowest BCUT2D eigenvalue weighted by molar-refractivity contribution is 0.479. The van der Waals surface area contributed by atoms with Gasteiger partial charge in [0.2, 0.25) is 0 Å². The van der Waals surface area contributed by atoms with Crippen LogP contribution in [0.5, 0.6) is 0 Å². The average Bonchev–Trinajstić information content (AvgIpc) is 3.38. The molecule has 1 atom stereocenters. The quantitative estimate of drug-likeness (QED) is 0.522. The Morgan fingerprint density at radius 3 is 3.04 bits per heavy atom. The normalized spacial score (nSPS) is 17.3. The number of aromatic nitrogens is 5. The molecule has 27 heavy (non-hydrogen) atoms. The molecule has 0 aliphatic carbocycles. The molecule has 136 valence electrons. The first-order valence-corrected chi connectivity index (χ1v) is 9.27. The molecule has 4 aromatic heterocycles. The van der Waals surface area contributed by atoms with E-state index in [1.165, 1.54) is 12.8 Å². The summed E-state index contributed by atoms with van der Waals surface area (Å²) in [6, 6.07) is 10.6. The fourth-order valence-electron chi connectivity index (χ4n) is 3.59. The van der Waals surface area contributed by atoms with Crippen LogP contribution in [0, 0.1) is 0 Å². The molecule has 3 N–H and O–H groups in total. The highest BCUT2D eigenvalue weighted by atomic mass is 15.1. The molecule has 5 rings (SSSR count). The first kappa shape index (κ1) is 16.0. The molecule has 0 amide bonds. The van der Waals surface area contributed by atoms with Crippen molar-refractivity contribution in [2.45, 2.75) is 18.9 Å². The summed E-state index contributed by atoms with van der Waals surface area (Å²) in [5.74, 6) is 0.908. The predicted octanol–water partition coefficient (Wildman–Crippen LogP) is 2.95. The minimum Gasteiger partial charge on any atom is -0.366 e. The Kier molecular flexibility index (Phi) is 4.06. The number of aromatic amines is 1. The molecule has 0 radical (unpaired) electrons. The third-order valence-electron chi connectivity index (χ3n) is 4.98. The van der Waals surface area contributed by atoms with Crippen molar-refractivity contribution >= 4 is 11.5 Å². The van der Waals surface area contributed by atoms with Crippen molar-refractivity contribution in [2.75, 3.05) is 18.4 Å². The van der Waals surface area contributed by atoms with E-state index in [0.717, 1.165) is 47.2 Å². The number of hydrogen-bond donors (Lipinski definition) is 3. The first-order valence-electron chi connectivity index (χ1n) is 9.27. The van der Waals surface area contributed by atoms with Crippen LogP contribution in [0.2, 0.25) is 0 Å². The second-order valence-corrected chi connectivity index (χ2v) is 6.85. The molecule has 5 heterocycles. The van der Waals surface area contributed by atoms with Crippen LogP contribution in [0.3, 0.4) is 0 Å². The van der Waals surface area contributed by atoms with Gasteiger partial charge in [0, 0.05) is 24.3 Å². The van der Waals surface area contributed by atoms with E-state index in [2.05, 4.69) is 36.1 Å². The minimum absolute atomic E-state index is 0.431. The molecular formula is C20H21N7. The van der Waals surface area contributed by atoms with Crippen molar-refractivity contribution in [3.63, 3.8) is 0 Å². The summed E-state index contributed by atoms with van der Waals surface area (Å²) in [7, 11) is 0. The molecule has 1 aliphatic heterocycles. The number of nitrogens with zero attached hydrogens (tertiary/aromatic N) is 4. The number of imidazole rings is 2. The Balaban J connectivity index is 1.45. The maximum Gasteiger partial charge on any atom is 0.137 e. The van der Waals surface area contributed by atoms with Crippen LogP contribution in [0.1, 0.15) is 12.8 Å². The van der Waals surface area contributed by atoms with Crippen LogP contribution in [0.4, 0.5) is 5.82 Å². The van der Waals surface area contributed by atoms with Crippen molar-refractivity contribution < 1.29 is 0 Å². The van der Waals surface area contributed by atoms with Gasteiger partial charge in [0.25, 0.3) is 0 Å². The molecule has 0 saturated carbocycles. The molecule has 1 saturated heterocycles. The number of fused-ring (bicyclic) bond motifs is 1. The molecule has 0 spiro atoms.